The Morgan fingerprint density at radius 1 is 0.897 bits per heavy atom. The summed E-state index contributed by atoms with van der Waals surface area (Å²) in [6, 6.07) is 9.59. The fraction of sp³-hybridized carbons (Fsp3) is 0.333. The third kappa shape index (κ3) is 4.83. The smallest absolute Gasteiger partial charge is 0.255 e. The Morgan fingerprint density at radius 2 is 1.48 bits per heavy atom. The molecule has 29 heavy (non-hydrogen) atoms. The number of sulfonamides is 1. The molecular weight excluding hydrogens is 390 g/mol. The van der Waals surface area contributed by atoms with Crippen molar-refractivity contribution in [3.63, 3.8) is 0 Å². The third-order valence-electron chi connectivity index (χ3n) is 4.74. The highest BCUT2D eigenvalue weighted by molar-refractivity contribution is 7.89. The minimum Gasteiger partial charge on any atom is -0.355 e. The van der Waals surface area contributed by atoms with E-state index in [9.17, 15) is 18.0 Å². The van der Waals surface area contributed by atoms with Crippen LogP contribution in [0.2, 0.25) is 0 Å². The molecule has 0 aliphatic carbocycles. The van der Waals surface area contributed by atoms with Crippen molar-refractivity contribution in [2.45, 2.75) is 32.6 Å². The normalized spacial score (nSPS) is 11.4. The van der Waals surface area contributed by atoms with Gasteiger partial charge in [-0.25, -0.2) is 8.42 Å². The molecule has 0 aromatic heterocycles. The topological polar surface area (TPSA) is 95.6 Å². The van der Waals surface area contributed by atoms with Crippen LogP contribution in [0, 0.1) is 13.8 Å². The van der Waals surface area contributed by atoms with Gasteiger partial charge in [-0.05, 0) is 55.3 Å². The molecule has 2 aromatic carbocycles. The molecule has 0 radical (unpaired) electrons. The lowest BCUT2D eigenvalue weighted by Crippen LogP contribution is -2.31. The standard InChI is InChI=1S/C21H27N3O4S/c1-6-24(7-2)29(27,28)19-13-17(9-8-14(19)3)21(26)23-18-11-10-16(12-15(18)4)20(25)22-5/h8-13H,6-7H2,1-5H3,(H,22,25)(H,23,26). The molecule has 0 unspecified atom stereocenters. The maximum atomic E-state index is 12.9. The average Bonchev–Trinajstić information content (AvgIpc) is 2.69. The second kappa shape index (κ2) is 9.19. The summed E-state index contributed by atoms with van der Waals surface area (Å²) in [5.41, 5.74) is 2.60. The minimum absolute atomic E-state index is 0.125. The number of nitrogens with zero attached hydrogens (tertiary/aromatic N) is 1. The predicted molar refractivity (Wildman–Crippen MR) is 114 cm³/mol. The largest absolute Gasteiger partial charge is 0.355 e. The highest BCUT2D eigenvalue weighted by Crippen LogP contribution is 2.23. The van der Waals surface area contributed by atoms with Gasteiger partial charge in [0.25, 0.3) is 11.8 Å². The summed E-state index contributed by atoms with van der Waals surface area (Å²) >= 11 is 0. The third-order valence-corrected chi connectivity index (χ3v) is 6.93. The maximum Gasteiger partial charge on any atom is 0.255 e. The van der Waals surface area contributed by atoms with Crippen molar-refractivity contribution in [1.82, 2.24) is 9.62 Å². The fourth-order valence-electron chi connectivity index (χ4n) is 3.01. The molecule has 0 heterocycles. The first kappa shape index (κ1) is 22.6. The number of amides is 2. The van der Waals surface area contributed by atoms with Crippen LogP contribution in [0.4, 0.5) is 5.69 Å². The molecule has 2 aromatic rings. The number of hydrogen-bond acceptors (Lipinski definition) is 4. The molecule has 8 heteroatoms. The van der Waals surface area contributed by atoms with Crippen LogP contribution in [0.25, 0.3) is 0 Å². The molecule has 0 saturated heterocycles. The maximum absolute atomic E-state index is 12.9. The Morgan fingerprint density at radius 3 is 2.03 bits per heavy atom. The number of carbonyl (C=O) groups excluding carboxylic acids is 2. The summed E-state index contributed by atoms with van der Waals surface area (Å²) in [7, 11) is -2.13. The highest BCUT2D eigenvalue weighted by Gasteiger charge is 2.24. The lowest BCUT2D eigenvalue weighted by Gasteiger charge is -2.20. The summed E-state index contributed by atoms with van der Waals surface area (Å²) in [4.78, 5) is 24.6. The molecule has 0 spiro atoms. The Balaban J connectivity index is 2.35. The first-order valence-electron chi connectivity index (χ1n) is 9.40. The number of nitrogens with one attached hydrogen (secondary N) is 2. The van der Waals surface area contributed by atoms with Crippen molar-refractivity contribution in [2.75, 3.05) is 25.5 Å². The summed E-state index contributed by atoms with van der Waals surface area (Å²) in [5.74, 6) is -0.632. The zero-order valence-corrected chi connectivity index (χ0v) is 18.2. The van der Waals surface area contributed by atoms with Gasteiger partial charge in [0.1, 0.15) is 0 Å². The lowest BCUT2D eigenvalue weighted by atomic mass is 10.1. The van der Waals surface area contributed by atoms with E-state index in [2.05, 4.69) is 10.6 Å². The van der Waals surface area contributed by atoms with Crippen molar-refractivity contribution in [3.8, 4) is 0 Å². The van der Waals surface area contributed by atoms with Gasteiger partial charge in [-0.3, -0.25) is 9.59 Å². The Labute approximate surface area is 172 Å². The molecule has 0 atom stereocenters. The molecule has 2 N–H and O–H groups in total. The minimum atomic E-state index is -3.68. The van der Waals surface area contributed by atoms with Gasteiger partial charge in [0, 0.05) is 37.0 Å². The molecule has 7 nitrogen and oxygen atoms in total. The van der Waals surface area contributed by atoms with E-state index in [0.29, 0.717) is 29.9 Å². The van der Waals surface area contributed by atoms with Gasteiger partial charge >= 0.3 is 0 Å². The Kier molecular flexibility index (Phi) is 7.16. The van der Waals surface area contributed by atoms with Gasteiger partial charge in [0.2, 0.25) is 10.0 Å². The van der Waals surface area contributed by atoms with Gasteiger partial charge in [-0.2, -0.15) is 4.31 Å². The Bertz CT molecular complexity index is 1030. The molecule has 0 aliphatic heterocycles. The number of carbonyl (C=O) groups is 2. The van der Waals surface area contributed by atoms with Gasteiger partial charge in [0.15, 0.2) is 0 Å². The quantitative estimate of drug-likeness (QED) is 0.724. The molecule has 2 amide bonds. The highest BCUT2D eigenvalue weighted by atomic mass is 32.2. The van der Waals surface area contributed by atoms with Gasteiger partial charge in [-0.15, -0.1) is 0 Å². The van der Waals surface area contributed by atoms with E-state index >= 15 is 0 Å². The average molecular weight is 418 g/mol. The lowest BCUT2D eigenvalue weighted by molar-refractivity contribution is 0.0962. The van der Waals surface area contributed by atoms with E-state index in [1.54, 1.807) is 65.1 Å². The van der Waals surface area contributed by atoms with E-state index in [1.807, 2.05) is 0 Å². The SMILES string of the molecule is CCN(CC)S(=O)(=O)c1cc(C(=O)Nc2ccc(C(=O)NC)cc2C)ccc1C. The number of anilines is 1. The van der Waals surface area contributed by atoms with Crippen molar-refractivity contribution in [2.24, 2.45) is 0 Å². The Hall–Kier alpha value is -2.71. The molecule has 0 saturated carbocycles. The van der Waals surface area contributed by atoms with Gasteiger partial charge in [-0.1, -0.05) is 19.9 Å². The van der Waals surface area contributed by atoms with Gasteiger partial charge in [0.05, 0.1) is 4.90 Å². The summed E-state index contributed by atoms with van der Waals surface area (Å²) < 4.78 is 27.1. The van der Waals surface area contributed by atoms with Crippen LogP contribution in [-0.4, -0.2) is 44.7 Å². The van der Waals surface area contributed by atoms with Crippen LogP contribution < -0.4 is 10.6 Å². The molecule has 0 fully saturated rings. The van der Waals surface area contributed by atoms with Crippen LogP contribution in [0.1, 0.15) is 45.7 Å². The zero-order valence-electron chi connectivity index (χ0n) is 17.4. The zero-order chi connectivity index (χ0) is 21.8. The molecule has 156 valence electrons. The van der Waals surface area contributed by atoms with E-state index in [4.69, 9.17) is 0 Å². The number of rotatable bonds is 7. The second-order valence-electron chi connectivity index (χ2n) is 6.63. The monoisotopic (exact) mass is 417 g/mol. The summed E-state index contributed by atoms with van der Waals surface area (Å²) in [6.45, 7) is 7.75. The van der Waals surface area contributed by atoms with Crippen LogP contribution in [0.15, 0.2) is 41.3 Å². The van der Waals surface area contributed by atoms with Crippen LogP contribution in [0.3, 0.4) is 0 Å². The van der Waals surface area contributed by atoms with Crippen molar-refractivity contribution >= 4 is 27.5 Å². The van der Waals surface area contributed by atoms with Gasteiger partial charge < -0.3 is 10.6 Å². The van der Waals surface area contributed by atoms with Crippen molar-refractivity contribution < 1.29 is 18.0 Å². The fourth-order valence-corrected chi connectivity index (χ4v) is 4.71. The van der Waals surface area contributed by atoms with E-state index < -0.39 is 15.9 Å². The predicted octanol–water partition coefficient (Wildman–Crippen LogP) is 2.95. The van der Waals surface area contributed by atoms with Crippen LogP contribution >= 0.6 is 0 Å². The first-order valence-corrected chi connectivity index (χ1v) is 10.8. The summed E-state index contributed by atoms with van der Waals surface area (Å²) in [5, 5.41) is 5.34. The van der Waals surface area contributed by atoms with Crippen molar-refractivity contribution in [3.05, 3.63) is 58.7 Å². The number of hydrogen-bond donors (Lipinski definition) is 2. The van der Waals surface area contributed by atoms with Crippen LogP contribution in [-0.2, 0) is 10.0 Å². The molecule has 2 rings (SSSR count). The van der Waals surface area contributed by atoms with E-state index in [0.717, 1.165) is 5.56 Å². The van der Waals surface area contributed by atoms with Crippen molar-refractivity contribution in [1.29, 1.82) is 0 Å². The summed E-state index contributed by atoms with van der Waals surface area (Å²) in [6.07, 6.45) is 0. The number of aryl methyl sites for hydroxylation is 2. The van der Waals surface area contributed by atoms with E-state index in [1.165, 1.54) is 10.4 Å². The molecule has 0 bridgehead atoms. The first-order chi connectivity index (χ1) is 13.6. The molecular formula is C21H27N3O4S. The second-order valence-corrected chi connectivity index (χ2v) is 8.54. The van der Waals surface area contributed by atoms with Crippen LogP contribution in [0.5, 0.6) is 0 Å². The molecule has 0 aliphatic rings. The van der Waals surface area contributed by atoms with E-state index in [-0.39, 0.29) is 16.4 Å². The number of benzene rings is 2.